The van der Waals surface area contributed by atoms with Gasteiger partial charge in [-0.1, -0.05) is 13.3 Å². The summed E-state index contributed by atoms with van der Waals surface area (Å²) in [6.45, 7) is 5.17. The van der Waals surface area contributed by atoms with Crippen LogP contribution < -0.4 is 5.32 Å². The monoisotopic (exact) mass is 320 g/mol. The molecule has 1 fully saturated rings. The van der Waals surface area contributed by atoms with Gasteiger partial charge in [0.25, 0.3) is 5.91 Å². The molecule has 1 saturated heterocycles. The minimum Gasteiger partial charge on any atom is -0.353 e. The van der Waals surface area contributed by atoms with E-state index in [1.807, 2.05) is 6.92 Å². The molecule has 2 amide bonds. The average Bonchev–Trinajstić information content (AvgIpc) is 2.55. The lowest BCUT2D eigenvalue weighted by atomic mass is 9.96. The highest BCUT2D eigenvalue weighted by molar-refractivity contribution is 5.94. The predicted molar refractivity (Wildman–Crippen MR) is 87.5 cm³/mol. The Morgan fingerprint density at radius 1 is 1.35 bits per heavy atom. The van der Waals surface area contributed by atoms with Crippen molar-refractivity contribution in [3.05, 3.63) is 35.6 Å². The van der Waals surface area contributed by atoms with Crippen LogP contribution in [0.2, 0.25) is 0 Å². The normalized spacial score (nSPS) is 19.3. The SMILES string of the molecule is CCC[C@H](C)NC(=O)[C@@H]1CCCN(C(=O)c2ccc(F)cc2)C1. The van der Waals surface area contributed by atoms with Gasteiger partial charge in [0.05, 0.1) is 5.92 Å². The summed E-state index contributed by atoms with van der Waals surface area (Å²) in [5.41, 5.74) is 0.465. The molecular weight excluding hydrogens is 295 g/mol. The Bertz CT molecular complexity index is 544. The molecule has 4 nitrogen and oxygen atoms in total. The van der Waals surface area contributed by atoms with Gasteiger partial charge in [-0.15, -0.1) is 0 Å². The molecule has 1 aromatic carbocycles. The van der Waals surface area contributed by atoms with Crippen LogP contribution in [0.15, 0.2) is 24.3 Å². The molecule has 0 bridgehead atoms. The molecule has 0 aliphatic carbocycles. The van der Waals surface area contributed by atoms with E-state index < -0.39 is 0 Å². The van der Waals surface area contributed by atoms with E-state index in [1.165, 1.54) is 24.3 Å². The van der Waals surface area contributed by atoms with E-state index in [0.29, 0.717) is 18.7 Å². The van der Waals surface area contributed by atoms with Gasteiger partial charge in [0.15, 0.2) is 0 Å². The molecule has 0 radical (unpaired) electrons. The van der Waals surface area contributed by atoms with E-state index in [2.05, 4.69) is 12.2 Å². The van der Waals surface area contributed by atoms with Gasteiger partial charge in [-0.2, -0.15) is 0 Å². The molecule has 0 spiro atoms. The molecular formula is C18H25FN2O2. The summed E-state index contributed by atoms with van der Waals surface area (Å²) >= 11 is 0. The number of rotatable bonds is 5. The lowest BCUT2D eigenvalue weighted by molar-refractivity contribution is -0.127. The quantitative estimate of drug-likeness (QED) is 0.907. The predicted octanol–water partition coefficient (Wildman–Crippen LogP) is 2.98. The summed E-state index contributed by atoms with van der Waals surface area (Å²) in [6, 6.07) is 5.72. The summed E-state index contributed by atoms with van der Waals surface area (Å²) in [4.78, 5) is 26.5. The van der Waals surface area contributed by atoms with Gasteiger partial charge in [-0.25, -0.2) is 4.39 Å². The Hall–Kier alpha value is -1.91. The zero-order chi connectivity index (χ0) is 16.8. The van der Waals surface area contributed by atoms with Gasteiger partial charge in [-0.05, 0) is 50.5 Å². The molecule has 2 atom stereocenters. The third-order valence-corrected chi connectivity index (χ3v) is 4.28. The Labute approximate surface area is 137 Å². The van der Waals surface area contributed by atoms with E-state index in [0.717, 1.165) is 25.7 Å². The van der Waals surface area contributed by atoms with Crippen molar-refractivity contribution in [1.29, 1.82) is 0 Å². The van der Waals surface area contributed by atoms with E-state index >= 15 is 0 Å². The van der Waals surface area contributed by atoms with Crippen LogP contribution in [0.3, 0.4) is 0 Å². The maximum absolute atomic E-state index is 13.0. The summed E-state index contributed by atoms with van der Waals surface area (Å²) in [5.74, 6) is -0.624. The number of likely N-dealkylation sites (tertiary alicyclic amines) is 1. The molecule has 0 aromatic heterocycles. The maximum Gasteiger partial charge on any atom is 0.253 e. The van der Waals surface area contributed by atoms with Crippen molar-refractivity contribution in [1.82, 2.24) is 10.2 Å². The molecule has 1 aromatic rings. The van der Waals surface area contributed by atoms with Gasteiger partial charge < -0.3 is 10.2 Å². The summed E-state index contributed by atoms with van der Waals surface area (Å²) in [7, 11) is 0. The highest BCUT2D eigenvalue weighted by Crippen LogP contribution is 2.19. The lowest BCUT2D eigenvalue weighted by Gasteiger charge is -2.32. The molecule has 0 unspecified atom stereocenters. The standard InChI is InChI=1S/C18H25FN2O2/c1-3-5-13(2)20-17(22)15-6-4-11-21(12-15)18(23)14-7-9-16(19)10-8-14/h7-10,13,15H,3-6,11-12H2,1-2H3,(H,20,22)/t13-,15+/m0/s1. The fraction of sp³-hybridized carbons (Fsp3) is 0.556. The zero-order valence-electron chi connectivity index (χ0n) is 13.8. The Morgan fingerprint density at radius 2 is 2.04 bits per heavy atom. The second kappa shape index (κ2) is 8.09. The van der Waals surface area contributed by atoms with Crippen molar-refractivity contribution in [2.24, 2.45) is 5.92 Å². The minimum absolute atomic E-state index is 0.0301. The van der Waals surface area contributed by atoms with Crippen LogP contribution in [-0.2, 0) is 4.79 Å². The first kappa shape index (κ1) is 17.4. The van der Waals surface area contributed by atoms with Gasteiger partial charge in [0.2, 0.25) is 5.91 Å². The van der Waals surface area contributed by atoms with Crippen LogP contribution in [0.4, 0.5) is 4.39 Å². The number of hydrogen-bond donors (Lipinski definition) is 1. The highest BCUT2D eigenvalue weighted by atomic mass is 19.1. The largest absolute Gasteiger partial charge is 0.353 e. The first-order valence-corrected chi connectivity index (χ1v) is 8.36. The second-order valence-electron chi connectivity index (χ2n) is 6.30. The number of carbonyl (C=O) groups is 2. The van der Waals surface area contributed by atoms with Crippen molar-refractivity contribution in [2.75, 3.05) is 13.1 Å². The molecule has 1 aliphatic rings. The summed E-state index contributed by atoms with van der Waals surface area (Å²) < 4.78 is 13.0. The van der Waals surface area contributed by atoms with Gasteiger partial charge >= 0.3 is 0 Å². The van der Waals surface area contributed by atoms with Crippen molar-refractivity contribution >= 4 is 11.8 Å². The molecule has 5 heteroatoms. The molecule has 0 saturated carbocycles. The van der Waals surface area contributed by atoms with Crippen LogP contribution >= 0.6 is 0 Å². The van der Waals surface area contributed by atoms with Crippen LogP contribution in [0.5, 0.6) is 0 Å². The van der Waals surface area contributed by atoms with Crippen molar-refractivity contribution in [3.63, 3.8) is 0 Å². The average molecular weight is 320 g/mol. The number of nitrogens with one attached hydrogen (secondary N) is 1. The van der Waals surface area contributed by atoms with Crippen molar-refractivity contribution in [3.8, 4) is 0 Å². The van der Waals surface area contributed by atoms with Gasteiger partial charge in [-0.3, -0.25) is 9.59 Å². The first-order chi connectivity index (χ1) is 11.0. The second-order valence-corrected chi connectivity index (χ2v) is 6.30. The molecule has 2 rings (SSSR count). The smallest absolute Gasteiger partial charge is 0.253 e. The highest BCUT2D eigenvalue weighted by Gasteiger charge is 2.29. The number of halogens is 1. The van der Waals surface area contributed by atoms with E-state index in [4.69, 9.17) is 0 Å². The van der Waals surface area contributed by atoms with Crippen LogP contribution in [0.25, 0.3) is 0 Å². The van der Waals surface area contributed by atoms with Crippen molar-refractivity contribution in [2.45, 2.75) is 45.6 Å². The third-order valence-electron chi connectivity index (χ3n) is 4.28. The molecule has 23 heavy (non-hydrogen) atoms. The van der Waals surface area contributed by atoms with Gasteiger partial charge in [0, 0.05) is 24.7 Å². The Balaban J connectivity index is 1.96. The Kier molecular flexibility index (Phi) is 6.13. The number of amides is 2. The molecule has 1 N–H and O–H groups in total. The maximum atomic E-state index is 13.0. The molecule has 126 valence electrons. The van der Waals surface area contributed by atoms with Crippen molar-refractivity contribution < 1.29 is 14.0 Å². The topological polar surface area (TPSA) is 49.4 Å². The third kappa shape index (κ3) is 4.78. The fourth-order valence-electron chi connectivity index (χ4n) is 3.02. The summed E-state index contributed by atoms with van der Waals surface area (Å²) in [6.07, 6.45) is 3.60. The minimum atomic E-state index is -0.359. The van der Waals surface area contributed by atoms with Crippen LogP contribution in [-0.4, -0.2) is 35.8 Å². The van der Waals surface area contributed by atoms with Gasteiger partial charge in [0.1, 0.15) is 5.82 Å². The van der Waals surface area contributed by atoms with E-state index in [-0.39, 0.29) is 29.6 Å². The van der Waals surface area contributed by atoms with Crippen LogP contribution in [0.1, 0.15) is 49.9 Å². The molecule has 1 aliphatic heterocycles. The zero-order valence-corrected chi connectivity index (χ0v) is 13.8. The fourth-order valence-corrected chi connectivity index (χ4v) is 3.02. The van der Waals surface area contributed by atoms with E-state index in [9.17, 15) is 14.0 Å². The molecule has 1 heterocycles. The van der Waals surface area contributed by atoms with E-state index in [1.54, 1.807) is 4.90 Å². The lowest BCUT2D eigenvalue weighted by Crippen LogP contribution is -2.47. The van der Waals surface area contributed by atoms with Crippen LogP contribution in [0, 0.1) is 11.7 Å². The number of piperidine rings is 1. The summed E-state index contributed by atoms with van der Waals surface area (Å²) in [5, 5.41) is 3.03. The Morgan fingerprint density at radius 3 is 2.70 bits per heavy atom. The first-order valence-electron chi connectivity index (χ1n) is 8.36. The number of carbonyl (C=O) groups excluding carboxylic acids is 2. The number of benzene rings is 1. The number of nitrogens with zero attached hydrogens (tertiary/aromatic N) is 1. The number of hydrogen-bond acceptors (Lipinski definition) is 2.